The summed E-state index contributed by atoms with van der Waals surface area (Å²) in [6.07, 6.45) is 0. The molecule has 1 unspecified atom stereocenters. The Labute approximate surface area is 133 Å². The van der Waals surface area contributed by atoms with Crippen LogP contribution in [0.25, 0.3) is 0 Å². The average Bonchev–Trinajstić information content (AvgIpc) is 2.40. The van der Waals surface area contributed by atoms with Gasteiger partial charge in [-0.1, -0.05) is 43.5 Å². The third kappa shape index (κ3) is 3.30. The minimum atomic E-state index is -0.288. The normalized spacial score (nSPS) is 12.3. The van der Waals surface area contributed by atoms with Crippen molar-refractivity contribution in [2.75, 3.05) is 7.11 Å². The molecule has 0 amide bonds. The van der Waals surface area contributed by atoms with Gasteiger partial charge in [0.05, 0.1) is 11.9 Å². The number of alkyl halides is 1. The van der Waals surface area contributed by atoms with Gasteiger partial charge in [0.25, 0.3) is 0 Å². The van der Waals surface area contributed by atoms with Crippen molar-refractivity contribution in [2.24, 2.45) is 0 Å². The number of hydrogen-bond acceptors (Lipinski definition) is 1. The summed E-state index contributed by atoms with van der Waals surface area (Å²) < 4.78 is 19.5. The van der Waals surface area contributed by atoms with E-state index < -0.39 is 0 Å². The van der Waals surface area contributed by atoms with Gasteiger partial charge < -0.3 is 4.74 Å². The molecule has 0 fully saturated rings. The number of hydrogen-bond donors (Lipinski definition) is 0. The van der Waals surface area contributed by atoms with Crippen LogP contribution in [0.2, 0.25) is 5.02 Å². The lowest BCUT2D eigenvalue weighted by molar-refractivity contribution is 0.410. The van der Waals surface area contributed by atoms with Crippen molar-refractivity contribution in [1.29, 1.82) is 0 Å². The maximum absolute atomic E-state index is 13.4. The van der Waals surface area contributed by atoms with E-state index in [1.165, 1.54) is 12.1 Å². The largest absolute Gasteiger partial charge is 0.496 e. The molecule has 2 aromatic carbocycles. The van der Waals surface area contributed by atoms with Crippen LogP contribution in [-0.2, 0) is 0 Å². The summed E-state index contributed by atoms with van der Waals surface area (Å²) in [7, 11) is 1.59. The first-order valence-electron chi connectivity index (χ1n) is 5.45. The Morgan fingerprint density at radius 1 is 1.16 bits per heavy atom. The van der Waals surface area contributed by atoms with Gasteiger partial charge in [-0.15, -0.1) is 0 Å². The zero-order valence-electron chi connectivity index (χ0n) is 9.96. The van der Waals surface area contributed by atoms with Crippen LogP contribution in [0, 0.1) is 5.82 Å². The third-order valence-corrected chi connectivity index (χ3v) is 4.64. The van der Waals surface area contributed by atoms with E-state index in [2.05, 4.69) is 31.9 Å². The number of ether oxygens (including phenoxy) is 1. The first-order chi connectivity index (χ1) is 9.02. The molecule has 0 aliphatic rings. The summed E-state index contributed by atoms with van der Waals surface area (Å²) in [4.78, 5) is -0.216. The lowest BCUT2D eigenvalue weighted by Crippen LogP contribution is -1.98. The molecule has 2 aromatic rings. The summed E-state index contributed by atoms with van der Waals surface area (Å²) in [6.45, 7) is 0. The molecule has 100 valence electrons. The number of methoxy groups -OCH3 is 1. The first-order valence-corrected chi connectivity index (χ1v) is 7.54. The maximum Gasteiger partial charge on any atom is 0.123 e. The highest BCUT2D eigenvalue weighted by Crippen LogP contribution is 2.40. The van der Waals surface area contributed by atoms with Gasteiger partial charge in [-0.3, -0.25) is 0 Å². The topological polar surface area (TPSA) is 9.23 Å². The molecule has 0 radical (unpaired) electrons. The highest BCUT2D eigenvalue weighted by Gasteiger charge is 2.18. The molecular weight excluding hydrogens is 398 g/mol. The van der Waals surface area contributed by atoms with Crippen LogP contribution < -0.4 is 4.74 Å². The Morgan fingerprint density at radius 3 is 2.58 bits per heavy atom. The van der Waals surface area contributed by atoms with Gasteiger partial charge in [0.2, 0.25) is 0 Å². The number of rotatable bonds is 3. The van der Waals surface area contributed by atoms with E-state index in [-0.39, 0.29) is 10.6 Å². The fourth-order valence-electron chi connectivity index (χ4n) is 1.78. The molecule has 0 N–H and O–H groups in total. The fraction of sp³-hybridized carbons (Fsp3) is 0.143. The molecule has 2 rings (SSSR count). The molecule has 0 saturated carbocycles. The molecule has 0 bridgehead atoms. The fourth-order valence-corrected chi connectivity index (χ4v) is 3.48. The number of benzene rings is 2. The van der Waals surface area contributed by atoms with Gasteiger partial charge in [-0.25, -0.2) is 4.39 Å². The number of halogens is 4. The molecule has 0 aliphatic carbocycles. The maximum atomic E-state index is 13.4. The van der Waals surface area contributed by atoms with Crippen molar-refractivity contribution in [3.05, 3.63) is 62.8 Å². The Morgan fingerprint density at radius 2 is 1.89 bits per heavy atom. The van der Waals surface area contributed by atoms with Gasteiger partial charge in [-0.05, 0) is 42.0 Å². The van der Waals surface area contributed by atoms with E-state index in [4.69, 9.17) is 16.3 Å². The van der Waals surface area contributed by atoms with Gasteiger partial charge in [-0.2, -0.15) is 0 Å². The van der Waals surface area contributed by atoms with Gasteiger partial charge >= 0.3 is 0 Å². The van der Waals surface area contributed by atoms with Crippen LogP contribution >= 0.6 is 43.5 Å². The third-order valence-electron chi connectivity index (χ3n) is 2.70. The van der Waals surface area contributed by atoms with Crippen molar-refractivity contribution in [1.82, 2.24) is 0 Å². The van der Waals surface area contributed by atoms with Crippen LogP contribution in [0.1, 0.15) is 16.0 Å². The Bertz CT molecular complexity index is 604. The molecule has 1 atom stereocenters. The van der Waals surface area contributed by atoms with E-state index in [9.17, 15) is 4.39 Å². The van der Waals surface area contributed by atoms with E-state index in [1.54, 1.807) is 31.4 Å². The summed E-state index contributed by atoms with van der Waals surface area (Å²) in [5.41, 5.74) is 1.63. The monoisotopic (exact) mass is 406 g/mol. The lowest BCUT2D eigenvalue weighted by Gasteiger charge is -2.16. The lowest BCUT2D eigenvalue weighted by atomic mass is 10.0. The molecule has 0 saturated heterocycles. The second-order valence-electron chi connectivity index (χ2n) is 3.91. The molecule has 0 spiro atoms. The van der Waals surface area contributed by atoms with Crippen molar-refractivity contribution in [3.63, 3.8) is 0 Å². The molecule has 19 heavy (non-hydrogen) atoms. The molecule has 0 heterocycles. The van der Waals surface area contributed by atoms with E-state index in [1.807, 2.05) is 0 Å². The second-order valence-corrected chi connectivity index (χ2v) is 6.12. The molecular formula is C14H10Br2ClFO. The van der Waals surface area contributed by atoms with E-state index in [0.29, 0.717) is 10.8 Å². The SMILES string of the molecule is COc1ccc(Cl)cc1C(Br)c1cc(F)ccc1Br. The van der Waals surface area contributed by atoms with Gasteiger partial charge in [0, 0.05) is 15.1 Å². The molecule has 0 aliphatic heterocycles. The second kappa shape index (κ2) is 6.25. The van der Waals surface area contributed by atoms with Crippen LogP contribution in [0.4, 0.5) is 4.39 Å². The molecule has 1 nitrogen and oxygen atoms in total. The summed E-state index contributed by atoms with van der Waals surface area (Å²) >= 11 is 13.0. The molecule has 0 aromatic heterocycles. The van der Waals surface area contributed by atoms with Gasteiger partial charge in [0.1, 0.15) is 11.6 Å². The quantitative estimate of drug-likeness (QED) is 0.589. The summed E-state index contributed by atoms with van der Waals surface area (Å²) in [6, 6.07) is 9.91. The van der Waals surface area contributed by atoms with Crippen molar-refractivity contribution in [3.8, 4) is 5.75 Å². The minimum absolute atomic E-state index is 0.216. The standard InChI is InChI=1S/C14H10Br2ClFO/c1-19-13-5-2-8(17)6-11(13)14(16)10-7-9(18)3-4-12(10)15/h2-7,14H,1H3. The molecule has 5 heteroatoms. The van der Waals surface area contributed by atoms with Crippen molar-refractivity contribution < 1.29 is 9.13 Å². The van der Waals surface area contributed by atoms with E-state index in [0.717, 1.165) is 15.6 Å². The Balaban J connectivity index is 2.51. The van der Waals surface area contributed by atoms with Gasteiger partial charge in [0.15, 0.2) is 0 Å². The highest BCUT2D eigenvalue weighted by atomic mass is 79.9. The van der Waals surface area contributed by atoms with Crippen molar-refractivity contribution in [2.45, 2.75) is 4.83 Å². The highest BCUT2D eigenvalue weighted by molar-refractivity contribution is 9.11. The smallest absolute Gasteiger partial charge is 0.123 e. The zero-order chi connectivity index (χ0) is 14.0. The van der Waals surface area contributed by atoms with Crippen molar-refractivity contribution >= 4 is 43.5 Å². The van der Waals surface area contributed by atoms with Crippen LogP contribution in [0.15, 0.2) is 40.9 Å². The predicted molar refractivity (Wildman–Crippen MR) is 82.9 cm³/mol. The van der Waals surface area contributed by atoms with Crippen LogP contribution in [-0.4, -0.2) is 7.11 Å². The van der Waals surface area contributed by atoms with E-state index >= 15 is 0 Å². The summed E-state index contributed by atoms with van der Waals surface area (Å²) in [5, 5.41) is 0.604. The predicted octanol–water partition coefficient (Wildman–Crippen LogP) is 5.73. The minimum Gasteiger partial charge on any atom is -0.496 e. The zero-order valence-corrected chi connectivity index (χ0v) is 13.9. The first kappa shape index (κ1) is 14.8. The van der Waals surface area contributed by atoms with Crippen LogP contribution in [0.5, 0.6) is 5.75 Å². The summed E-state index contributed by atoms with van der Waals surface area (Å²) in [5.74, 6) is 0.408. The Kier molecular flexibility index (Phi) is 4.87. The Hall–Kier alpha value is -0.580. The average molecular weight is 408 g/mol. The van der Waals surface area contributed by atoms with Crippen LogP contribution in [0.3, 0.4) is 0 Å².